The Morgan fingerprint density at radius 1 is 1.33 bits per heavy atom. The topological polar surface area (TPSA) is 0 Å². The van der Waals surface area contributed by atoms with Crippen molar-refractivity contribution < 1.29 is 0 Å². The summed E-state index contributed by atoms with van der Waals surface area (Å²) in [6.07, 6.45) is 6.13. The van der Waals surface area contributed by atoms with Gasteiger partial charge in [-0.1, -0.05) is 0 Å². The zero-order valence-electron chi connectivity index (χ0n) is 6.65. The molecule has 0 aliphatic rings. The summed E-state index contributed by atoms with van der Waals surface area (Å²) >= 11 is -1.47. The summed E-state index contributed by atoms with van der Waals surface area (Å²) < 4.78 is 1.33. The van der Waals surface area contributed by atoms with E-state index in [1.807, 2.05) is 12.2 Å². The van der Waals surface area contributed by atoms with E-state index < -0.39 is 18.4 Å². The van der Waals surface area contributed by atoms with Gasteiger partial charge in [-0.15, -0.1) is 0 Å². The number of allylic oxidation sites excluding steroid dienone is 3. The molecular formula is C8H16Sn. The second-order valence-electron chi connectivity index (χ2n) is 3.43. The van der Waals surface area contributed by atoms with Gasteiger partial charge in [0.15, 0.2) is 0 Å². The number of rotatable bonds is 3. The van der Waals surface area contributed by atoms with E-state index in [2.05, 4.69) is 27.5 Å². The monoisotopic (exact) mass is 232 g/mol. The zero-order chi connectivity index (χ0) is 7.33. The molecule has 1 heteroatoms. The molecule has 0 nitrogen and oxygen atoms in total. The van der Waals surface area contributed by atoms with E-state index in [0.717, 1.165) is 0 Å². The Labute approximate surface area is 62.5 Å². The predicted octanol–water partition coefficient (Wildman–Crippen LogP) is 3.07. The van der Waals surface area contributed by atoms with Crippen LogP contribution in [0.4, 0.5) is 0 Å². The van der Waals surface area contributed by atoms with Crippen LogP contribution in [0.25, 0.3) is 0 Å². The third kappa shape index (κ3) is 8.28. The first-order valence-corrected chi connectivity index (χ1v) is 13.9. The summed E-state index contributed by atoms with van der Waals surface area (Å²) in [4.78, 5) is 7.30. The number of hydrogen-bond donors (Lipinski definition) is 0. The quantitative estimate of drug-likeness (QED) is 0.517. The Morgan fingerprint density at radius 3 is 2.22 bits per heavy atom. The Bertz CT molecular complexity index is 106. The van der Waals surface area contributed by atoms with Crippen molar-refractivity contribution in [2.24, 2.45) is 0 Å². The predicted molar refractivity (Wildman–Crippen MR) is 47.5 cm³/mol. The molecule has 0 saturated carbocycles. The SMILES string of the molecule is C=C/C=C\[CH2][Sn]([CH3])([CH3])[CH3]. The molecule has 0 aliphatic heterocycles. The third-order valence-electron chi connectivity index (χ3n) is 1.00. The molecule has 0 aromatic carbocycles. The van der Waals surface area contributed by atoms with Crippen LogP contribution in [0.1, 0.15) is 0 Å². The van der Waals surface area contributed by atoms with Gasteiger partial charge in [0.2, 0.25) is 0 Å². The van der Waals surface area contributed by atoms with Crippen molar-refractivity contribution in [1.29, 1.82) is 0 Å². The Morgan fingerprint density at radius 2 is 1.89 bits per heavy atom. The molecule has 0 heterocycles. The molecule has 0 spiro atoms. The van der Waals surface area contributed by atoms with Gasteiger partial charge in [0, 0.05) is 0 Å². The van der Waals surface area contributed by atoms with Gasteiger partial charge in [0.05, 0.1) is 0 Å². The normalized spacial score (nSPS) is 12.3. The van der Waals surface area contributed by atoms with Crippen LogP contribution in [0.2, 0.25) is 19.3 Å². The Hall–Kier alpha value is 0.279. The van der Waals surface area contributed by atoms with Crippen LogP contribution in [-0.2, 0) is 0 Å². The molecule has 0 aliphatic carbocycles. The molecular weight excluding hydrogens is 215 g/mol. The average Bonchev–Trinajstić information content (AvgIpc) is 1.63. The summed E-state index contributed by atoms with van der Waals surface area (Å²) in [5.41, 5.74) is 0. The Kier molecular flexibility index (Phi) is 4.28. The van der Waals surface area contributed by atoms with E-state index in [0.29, 0.717) is 0 Å². The van der Waals surface area contributed by atoms with E-state index in [1.54, 1.807) is 0 Å². The molecule has 9 heavy (non-hydrogen) atoms. The number of hydrogen-bond acceptors (Lipinski definition) is 0. The van der Waals surface area contributed by atoms with Crippen molar-refractivity contribution in [3.8, 4) is 0 Å². The van der Waals surface area contributed by atoms with Gasteiger partial charge in [0.1, 0.15) is 0 Å². The molecule has 0 radical (unpaired) electrons. The van der Waals surface area contributed by atoms with Crippen molar-refractivity contribution in [2.45, 2.75) is 19.3 Å². The van der Waals surface area contributed by atoms with Gasteiger partial charge in [0.25, 0.3) is 0 Å². The molecule has 52 valence electrons. The van der Waals surface area contributed by atoms with Crippen LogP contribution in [-0.4, -0.2) is 18.4 Å². The van der Waals surface area contributed by atoms with E-state index in [1.165, 1.54) is 4.44 Å². The zero-order valence-corrected chi connectivity index (χ0v) is 9.50. The molecule has 0 unspecified atom stereocenters. The fraction of sp³-hybridized carbons (Fsp3) is 0.500. The maximum atomic E-state index is 3.62. The maximum absolute atomic E-state index is 3.62. The average molecular weight is 231 g/mol. The standard InChI is InChI=1S/C5H7.3CH3.Sn/c1-3-5-4-2;;;;/h3-5H,1-2H2;3*1H3;/b5-3-;;;;. The van der Waals surface area contributed by atoms with E-state index in [4.69, 9.17) is 0 Å². The first-order chi connectivity index (χ1) is 4.06. The first-order valence-electron chi connectivity index (χ1n) is 3.34. The van der Waals surface area contributed by atoms with Crippen molar-refractivity contribution in [2.75, 3.05) is 0 Å². The van der Waals surface area contributed by atoms with E-state index in [9.17, 15) is 0 Å². The first kappa shape index (κ1) is 9.28. The summed E-state index contributed by atoms with van der Waals surface area (Å²) in [6, 6.07) is 0. The molecule has 0 bridgehead atoms. The van der Waals surface area contributed by atoms with Crippen LogP contribution >= 0.6 is 0 Å². The van der Waals surface area contributed by atoms with Gasteiger partial charge < -0.3 is 0 Å². The van der Waals surface area contributed by atoms with Crippen LogP contribution in [0.3, 0.4) is 0 Å². The van der Waals surface area contributed by atoms with Crippen molar-refractivity contribution in [3.05, 3.63) is 24.8 Å². The van der Waals surface area contributed by atoms with Crippen LogP contribution in [0.5, 0.6) is 0 Å². The fourth-order valence-electron chi connectivity index (χ4n) is 0.518. The molecule has 0 saturated heterocycles. The third-order valence-corrected chi connectivity index (χ3v) is 5.17. The van der Waals surface area contributed by atoms with Crippen LogP contribution < -0.4 is 0 Å². The van der Waals surface area contributed by atoms with E-state index in [-0.39, 0.29) is 0 Å². The van der Waals surface area contributed by atoms with Gasteiger partial charge >= 0.3 is 62.4 Å². The van der Waals surface area contributed by atoms with Gasteiger partial charge in [-0.3, -0.25) is 0 Å². The van der Waals surface area contributed by atoms with Crippen LogP contribution in [0, 0.1) is 0 Å². The summed E-state index contributed by atoms with van der Waals surface area (Å²) in [7, 11) is 0. The van der Waals surface area contributed by atoms with Crippen molar-refractivity contribution >= 4 is 18.4 Å². The van der Waals surface area contributed by atoms with E-state index >= 15 is 0 Å². The molecule has 0 aromatic heterocycles. The van der Waals surface area contributed by atoms with Crippen molar-refractivity contribution in [3.63, 3.8) is 0 Å². The summed E-state index contributed by atoms with van der Waals surface area (Å²) in [6.45, 7) is 3.62. The minimum absolute atomic E-state index is 1.33. The molecule has 0 aromatic rings. The van der Waals surface area contributed by atoms with Crippen LogP contribution in [0.15, 0.2) is 24.8 Å². The van der Waals surface area contributed by atoms with Gasteiger partial charge in [-0.05, 0) is 0 Å². The molecule has 0 fully saturated rings. The second-order valence-corrected chi connectivity index (χ2v) is 19.2. The molecule has 0 atom stereocenters. The fourth-order valence-corrected chi connectivity index (χ4v) is 2.92. The summed E-state index contributed by atoms with van der Waals surface area (Å²) in [5.74, 6) is 0. The molecule has 0 amide bonds. The van der Waals surface area contributed by atoms with Gasteiger partial charge in [-0.2, -0.15) is 0 Å². The molecule has 0 N–H and O–H groups in total. The minimum atomic E-state index is -1.47. The Balaban J connectivity index is 3.50. The summed E-state index contributed by atoms with van der Waals surface area (Å²) in [5, 5.41) is 0. The van der Waals surface area contributed by atoms with Gasteiger partial charge in [-0.25, -0.2) is 0 Å². The van der Waals surface area contributed by atoms with Crippen molar-refractivity contribution in [1.82, 2.24) is 0 Å². The second kappa shape index (κ2) is 4.15. The molecule has 0 rings (SSSR count).